The summed E-state index contributed by atoms with van der Waals surface area (Å²) in [4.78, 5) is 4.47. The number of thioether (sulfide) groups is 1. The molecule has 1 aliphatic rings. The SMILES string of the molecule is NCCCCc1nc(C2CCCCS2)no1. The zero-order valence-electron chi connectivity index (χ0n) is 9.52. The van der Waals surface area contributed by atoms with Gasteiger partial charge in [0.15, 0.2) is 5.82 Å². The van der Waals surface area contributed by atoms with Gasteiger partial charge in [0.2, 0.25) is 5.89 Å². The van der Waals surface area contributed by atoms with Crippen molar-refractivity contribution in [2.75, 3.05) is 12.3 Å². The summed E-state index contributed by atoms with van der Waals surface area (Å²) in [5, 5.41) is 4.54. The van der Waals surface area contributed by atoms with Crippen LogP contribution in [0.25, 0.3) is 0 Å². The molecule has 1 unspecified atom stereocenters. The molecule has 4 nitrogen and oxygen atoms in total. The monoisotopic (exact) mass is 241 g/mol. The van der Waals surface area contributed by atoms with Gasteiger partial charge in [-0.25, -0.2) is 0 Å². The minimum atomic E-state index is 0.459. The summed E-state index contributed by atoms with van der Waals surface area (Å²) in [6.45, 7) is 0.736. The van der Waals surface area contributed by atoms with Crippen LogP contribution in [0.1, 0.15) is 49.1 Å². The lowest BCUT2D eigenvalue weighted by Crippen LogP contribution is -2.04. The highest BCUT2D eigenvalue weighted by Gasteiger charge is 2.21. The first-order chi connectivity index (χ1) is 7.90. The maximum absolute atomic E-state index is 5.44. The summed E-state index contributed by atoms with van der Waals surface area (Å²) in [5.41, 5.74) is 5.44. The summed E-state index contributed by atoms with van der Waals surface area (Å²) in [6, 6.07) is 0. The standard InChI is InChI=1S/C11H19N3OS/c12-7-3-1-6-10-13-11(14-15-10)9-5-2-4-8-16-9/h9H,1-8,12H2. The Morgan fingerprint density at radius 1 is 1.38 bits per heavy atom. The number of unbranched alkanes of at least 4 members (excludes halogenated alkanes) is 1. The molecule has 90 valence electrons. The smallest absolute Gasteiger partial charge is 0.226 e. The quantitative estimate of drug-likeness (QED) is 0.801. The van der Waals surface area contributed by atoms with Crippen LogP contribution in [0, 0.1) is 0 Å². The zero-order chi connectivity index (χ0) is 11.2. The molecule has 1 aromatic rings. The van der Waals surface area contributed by atoms with E-state index in [9.17, 15) is 0 Å². The molecule has 0 bridgehead atoms. The van der Waals surface area contributed by atoms with Crippen LogP contribution in [-0.2, 0) is 6.42 Å². The summed E-state index contributed by atoms with van der Waals surface area (Å²) in [7, 11) is 0. The van der Waals surface area contributed by atoms with Crippen molar-refractivity contribution in [2.45, 2.75) is 43.8 Å². The molecule has 1 aliphatic heterocycles. The fourth-order valence-electron chi connectivity index (χ4n) is 1.87. The molecule has 2 rings (SSSR count). The Bertz CT molecular complexity index is 310. The van der Waals surface area contributed by atoms with Gasteiger partial charge in [0, 0.05) is 6.42 Å². The van der Waals surface area contributed by atoms with Gasteiger partial charge in [0.1, 0.15) is 0 Å². The second-order valence-corrected chi connectivity index (χ2v) is 5.46. The predicted molar refractivity (Wildman–Crippen MR) is 65.3 cm³/mol. The van der Waals surface area contributed by atoms with Gasteiger partial charge in [-0.3, -0.25) is 0 Å². The van der Waals surface area contributed by atoms with Gasteiger partial charge >= 0.3 is 0 Å². The van der Waals surface area contributed by atoms with E-state index in [1.165, 1.54) is 25.0 Å². The Labute approximate surface area is 100 Å². The maximum Gasteiger partial charge on any atom is 0.226 e. The van der Waals surface area contributed by atoms with Crippen molar-refractivity contribution in [2.24, 2.45) is 5.73 Å². The average molecular weight is 241 g/mol. The number of aryl methyl sites for hydroxylation is 1. The molecule has 2 N–H and O–H groups in total. The number of hydrogen-bond acceptors (Lipinski definition) is 5. The van der Waals surface area contributed by atoms with E-state index in [2.05, 4.69) is 10.1 Å². The topological polar surface area (TPSA) is 64.9 Å². The van der Waals surface area contributed by atoms with E-state index in [1.807, 2.05) is 11.8 Å². The first-order valence-electron chi connectivity index (χ1n) is 6.04. The first kappa shape index (κ1) is 11.9. The Morgan fingerprint density at radius 2 is 2.31 bits per heavy atom. The van der Waals surface area contributed by atoms with Crippen molar-refractivity contribution >= 4 is 11.8 Å². The van der Waals surface area contributed by atoms with Crippen molar-refractivity contribution < 1.29 is 4.52 Å². The van der Waals surface area contributed by atoms with Crippen LogP contribution in [0.5, 0.6) is 0 Å². The largest absolute Gasteiger partial charge is 0.339 e. The number of nitrogens with zero attached hydrogens (tertiary/aromatic N) is 2. The Kier molecular flexibility index (Phi) is 4.66. The number of rotatable bonds is 5. The molecular weight excluding hydrogens is 222 g/mol. The third kappa shape index (κ3) is 3.22. The third-order valence-corrected chi connectivity index (χ3v) is 4.17. The highest BCUT2D eigenvalue weighted by Crippen LogP contribution is 2.36. The highest BCUT2D eigenvalue weighted by atomic mass is 32.2. The van der Waals surface area contributed by atoms with Crippen molar-refractivity contribution in [3.63, 3.8) is 0 Å². The minimum absolute atomic E-state index is 0.459. The van der Waals surface area contributed by atoms with Gasteiger partial charge in [-0.1, -0.05) is 11.6 Å². The lowest BCUT2D eigenvalue weighted by molar-refractivity contribution is 0.368. The van der Waals surface area contributed by atoms with Gasteiger partial charge in [-0.15, -0.1) is 0 Å². The molecule has 0 radical (unpaired) electrons. The molecule has 1 saturated heterocycles. The Morgan fingerprint density at radius 3 is 3.06 bits per heavy atom. The molecule has 1 fully saturated rings. The first-order valence-corrected chi connectivity index (χ1v) is 7.09. The summed E-state index contributed by atoms with van der Waals surface area (Å²) < 4.78 is 5.25. The van der Waals surface area contributed by atoms with Crippen molar-refractivity contribution in [1.29, 1.82) is 0 Å². The van der Waals surface area contributed by atoms with Gasteiger partial charge in [0.25, 0.3) is 0 Å². The summed E-state index contributed by atoms with van der Waals surface area (Å²) in [6.07, 6.45) is 6.72. The fourth-order valence-corrected chi connectivity index (χ4v) is 3.10. The molecular formula is C11H19N3OS. The van der Waals surface area contributed by atoms with Crippen molar-refractivity contribution in [1.82, 2.24) is 10.1 Å². The molecule has 0 amide bonds. The van der Waals surface area contributed by atoms with Crippen LogP contribution < -0.4 is 5.73 Å². The van der Waals surface area contributed by atoms with Crippen LogP contribution in [0.4, 0.5) is 0 Å². The number of nitrogens with two attached hydrogens (primary N) is 1. The second-order valence-electron chi connectivity index (χ2n) is 4.15. The van der Waals surface area contributed by atoms with Crippen LogP contribution >= 0.6 is 11.8 Å². The van der Waals surface area contributed by atoms with E-state index in [0.29, 0.717) is 5.25 Å². The minimum Gasteiger partial charge on any atom is -0.339 e. The van der Waals surface area contributed by atoms with Crippen LogP contribution in [0.2, 0.25) is 0 Å². The van der Waals surface area contributed by atoms with Gasteiger partial charge in [-0.2, -0.15) is 16.7 Å². The van der Waals surface area contributed by atoms with E-state index in [-0.39, 0.29) is 0 Å². The molecule has 5 heteroatoms. The van der Waals surface area contributed by atoms with Gasteiger partial charge in [-0.05, 0) is 38.0 Å². The van der Waals surface area contributed by atoms with E-state index < -0.39 is 0 Å². The molecule has 1 aromatic heterocycles. The average Bonchev–Trinajstić information content (AvgIpc) is 2.79. The predicted octanol–water partition coefficient (Wildman–Crippen LogP) is 2.31. The summed E-state index contributed by atoms with van der Waals surface area (Å²) in [5.74, 6) is 2.89. The molecule has 0 aliphatic carbocycles. The van der Waals surface area contributed by atoms with E-state index >= 15 is 0 Å². The number of aromatic nitrogens is 2. The normalized spacial score (nSPS) is 21.2. The van der Waals surface area contributed by atoms with Crippen molar-refractivity contribution in [3.8, 4) is 0 Å². The molecule has 1 atom stereocenters. The van der Waals surface area contributed by atoms with Crippen molar-refractivity contribution in [3.05, 3.63) is 11.7 Å². The van der Waals surface area contributed by atoms with E-state index in [0.717, 1.165) is 37.5 Å². The highest BCUT2D eigenvalue weighted by molar-refractivity contribution is 7.99. The zero-order valence-corrected chi connectivity index (χ0v) is 10.3. The van der Waals surface area contributed by atoms with Crippen LogP contribution in [-0.4, -0.2) is 22.4 Å². The van der Waals surface area contributed by atoms with Crippen LogP contribution in [0.3, 0.4) is 0 Å². The van der Waals surface area contributed by atoms with Gasteiger partial charge in [0.05, 0.1) is 5.25 Å². The fraction of sp³-hybridized carbons (Fsp3) is 0.818. The van der Waals surface area contributed by atoms with E-state index in [4.69, 9.17) is 10.3 Å². The second kappa shape index (κ2) is 6.25. The molecule has 2 heterocycles. The Balaban J connectivity index is 1.85. The van der Waals surface area contributed by atoms with Crippen LogP contribution in [0.15, 0.2) is 4.52 Å². The van der Waals surface area contributed by atoms with E-state index in [1.54, 1.807) is 0 Å². The third-order valence-electron chi connectivity index (χ3n) is 2.80. The lowest BCUT2D eigenvalue weighted by Gasteiger charge is -2.17. The maximum atomic E-state index is 5.44. The molecule has 0 aromatic carbocycles. The Hall–Kier alpha value is -0.550. The summed E-state index contributed by atoms with van der Waals surface area (Å²) >= 11 is 1.95. The molecule has 16 heavy (non-hydrogen) atoms. The lowest BCUT2D eigenvalue weighted by atomic mass is 10.2. The molecule has 0 spiro atoms. The molecule has 0 saturated carbocycles. The van der Waals surface area contributed by atoms with Gasteiger partial charge < -0.3 is 10.3 Å². The number of hydrogen-bond donors (Lipinski definition) is 1.